The van der Waals surface area contributed by atoms with Crippen molar-refractivity contribution in [2.24, 2.45) is 11.8 Å². The minimum atomic E-state index is -0.757. The summed E-state index contributed by atoms with van der Waals surface area (Å²) in [4.78, 5) is 24.5. The van der Waals surface area contributed by atoms with E-state index in [-0.39, 0.29) is 23.0 Å². The first-order chi connectivity index (χ1) is 7.59. The van der Waals surface area contributed by atoms with Crippen LogP contribution in [0.5, 0.6) is 0 Å². The zero-order chi connectivity index (χ0) is 11.7. The molecule has 16 heavy (non-hydrogen) atoms. The quantitative estimate of drug-likeness (QED) is 0.805. The third-order valence-corrected chi connectivity index (χ3v) is 4.89. The second kappa shape index (κ2) is 4.65. The van der Waals surface area contributed by atoms with Gasteiger partial charge in [-0.15, -0.1) is 11.8 Å². The Labute approximate surface area is 99.4 Å². The van der Waals surface area contributed by atoms with Crippen LogP contribution in [-0.4, -0.2) is 46.0 Å². The van der Waals surface area contributed by atoms with Gasteiger partial charge < -0.3 is 10.0 Å². The van der Waals surface area contributed by atoms with Crippen LogP contribution < -0.4 is 0 Å². The smallest absolute Gasteiger partial charge is 0.306 e. The van der Waals surface area contributed by atoms with Gasteiger partial charge in [-0.2, -0.15) is 0 Å². The monoisotopic (exact) mass is 243 g/mol. The second-order valence-electron chi connectivity index (χ2n) is 4.63. The Kier molecular flexibility index (Phi) is 3.42. The Morgan fingerprint density at radius 3 is 2.62 bits per heavy atom. The predicted octanol–water partition coefficient (Wildman–Crippen LogP) is 1.06. The zero-order valence-corrected chi connectivity index (χ0v) is 10.2. The van der Waals surface area contributed by atoms with Gasteiger partial charge in [0.25, 0.3) is 0 Å². The van der Waals surface area contributed by atoms with Gasteiger partial charge in [0, 0.05) is 19.0 Å². The fourth-order valence-electron chi connectivity index (χ4n) is 2.19. The number of nitrogens with zero attached hydrogens (tertiary/aromatic N) is 1. The molecule has 2 aliphatic heterocycles. The first kappa shape index (κ1) is 11.8. The Hall–Kier alpha value is -0.710. The van der Waals surface area contributed by atoms with Crippen LogP contribution in [-0.2, 0) is 9.59 Å². The lowest BCUT2D eigenvalue weighted by atomic mass is 9.87. The van der Waals surface area contributed by atoms with Gasteiger partial charge in [0.1, 0.15) is 0 Å². The van der Waals surface area contributed by atoms with Gasteiger partial charge in [-0.1, -0.05) is 6.92 Å². The molecule has 2 saturated heterocycles. The zero-order valence-electron chi connectivity index (χ0n) is 9.39. The summed E-state index contributed by atoms with van der Waals surface area (Å²) < 4.78 is 0. The van der Waals surface area contributed by atoms with Gasteiger partial charge in [0.2, 0.25) is 5.91 Å². The van der Waals surface area contributed by atoms with E-state index in [2.05, 4.69) is 0 Å². The fraction of sp³-hybridized carbons (Fsp3) is 0.818. The number of aliphatic carboxylic acids is 1. The molecule has 2 rings (SSSR count). The summed E-state index contributed by atoms with van der Waals surface area (Å²) in [5.74, 6) is 0.357. The molecule has 4 nitrogen and oxygen atoms in total. The Morgan fingerprint density at radius 2 is 2.12 bits per heavy atom. The van der Waals surface area contributed by atoms with Crippen LogP contribution in [0, 0.1) is 11.8 Å². The molecule has 1 amide bonds. The summed E-state index contributed by atoms with van der Waals surface area (Å²) in [5, 5.41) is 8.99. The van der Waals surface area contributed by atoms with Crippen LogP contribution in [0.2, 0.25) is 0 Å². The second-order valence-corrected chi connectivity index (χ2v) is 5.94. The number of carbonyl (C=O) groups excluding carboxylic acids is 1. The number of carbonyl (C=O) groups is 2. The fourth-order valence-corrected chi connectivity index (χ4v) is 3.43. The van der Waals surface area contributed by atoms with Crippen LogP contribution in [0.3, 0.4) is 0 Å². The summed E-state index contributed by atoms with van der Waals surface area (Å²) in [5.41, 5.74) is 0. The molecular weight excluding hydrogens is 226 g/mol. The van der Waals surface area contributed by atoms with Crippen molar-refractivity contribution in [1.82, 2.24) is 4.90 Å². The normalized spacial score (nSPS) is 27.6. The average molecular weight is 243 g/mol. The first-order valence-electron chi connectivity index (χ1n) is 5.73. The van der Waals surface area contributed by atoms with Gasteiger partial charge in [0.05, 0.1) is 11.2 Å². The van der Waals surface area contributed by atoms with E-state index in [0.29, 0.717) is 13.1 Å². The summed E-state index contributed by atoms with van der Waals surface area (Å²) in [7, 11) is 0. The molecule has 0 aromatic carbocycles. The predicted molar refractivity (Wildman–Crippen MR) is 62.3 cm³/mol. The summed E-state index contributed by atoms with van der Waals surface area (Å²) in [6, 6.07) is 0. The van der Waals surface area contributed by atoms with Crippen molar-refractivity contribution in [3.05, 3.63) is 0 Å². The van der Waals surface area contributed by atoms with E-state index in [4.69, 9.17) is 5.11 Å². The molecule has 0 aliphatic carbocycles. The van der Waals surface area contributed by atoms with Crippen LogP contribution in [0.15, 0.2) is 0 Å². The highest BCUT2D eigenvalue weighted by molar-refractivity contribution is 8.00. The van der Waals surface area contributed by atoms with Gasteiger partial charge in [0.15, 0.2) is 0 Å². The number of hydrogen-bond acceptors (Lipinski definition) is 3. The number of hydrogen-bond donors (Lipinski definition) is 1. The highest BCUT2D eigenvalue weighted by atomic mass is 32.2. The summed E-state index contributed by atoms with van der Waals surface area (Å²) in [6.45, 7) is 2.98. The maximum atomic E-state index is 11.9. The molecule has 0 bridgehead atoms. The maximum absolute atomic E-state index is 11.9. The van der Waals surface area contributed by atoms with Crippen molar-refractivity contribution in [3.8, 4) is 0 Å². The van der Waals surface area contributed by atoms with Crippen molar-refractivity contribution >= 4 is 23.6 Å². The minimum Gasteiger partial charge on any atom is -0.481 e. The Bertz CT molecular complexity index is 296. The third-order valence-electron chi connectivity index (χ3n) is 3.52. The van der Waals surface area contributed by atoms with Gasteiger partial charge in [-0.25, -0.2) is 0 Å². The number of likely N-dealkylation sites (tertiary alicyclic amines) is 1. The SMILES string of the molecule is CC(C(=O)O)C1CN(C(=O)C2CCCS2)C1. The molecule has 2 aliphatic rings. The summed E-state index contributed by atoms with van der Waals surface area (Å²) in [6.07, 6.45) is 2.11. The van der Waals surface area contributed by atoms with Crippen molar-refractivity contribution in [3.63, 3.8) is 0 Å². The van der Waals surface area contributed by atoms with Crippen LogP contribution >= 0.6 is 11.8 Å². The first-order valence-corrected chi connectivity index (χ1v) is 6.77. The van der Waals surface area contributed by atoms with Crippen molar-refractivity contribution in [2.75, 3.05) is 18.8 Å². The van der Waals surface area contributed by atoms with Crippen molar-refractivity contribution in [1.29, 1.82) is 0 Å². The molecular formula is C11H17NO3S. The van der Waals surface area contributed by atoms with Crippen molar-refractivity contribution in [2.45, 2.75) is 25.0 Å². The van der Waals surface area contributed by atoms with E-state index in [0.717, 1.165) is 18.6 Å². The van der Waals surface area contributed by atoms with E-state index in [1.807, 2.05) is 4.90 Å². The molecule has 2 atom stereocenters. The lowest BCUT2D eigenvalue weighted by molar-refractivity contribution is -0.150. The Morgan fingerprint density at radius 1 is 1.44 bits per heavy atom. The van der Waals surface area contributed by atoms with Crippen molar-refractivity contribution < 1.29 is 14.7 Å². The standard InChI is InChI=1S/C11H17NO3S/c1-7(11(14)15)8-5-12(6-8)10(13)9-3-2-4-16-9/h7-9H,2-6H2,1H3,(H,14,15). The van der Waals surface area contributed by atoms with Crippen LogP contribution in [0.25, 0.3) is 0 Å². The van der Waals surface area contributed by atoms with Crippen LogP contribution in [0.1, 0.15) is 19.8 Å². The Balaban J connectivity index is 1.79. The highest BCUT2D eigenvalue weighted by Gasteiger charge is 2.39. The van der Waals surface area contributed by atoms with E-state index in [9.17, 15) is 9.59 Å². The minimum absolute atomic E-state index is 0.140. The number of rotatable bonds is 3. The maximum Gasteiger partial charge on any atom is 0.306 e. The van der Waals surface area contributed by atoms with Gasteiger partial charge >= 0.3 is 5.97 Å². The number of carboxylic acids is 1. The molecule has 0 aromatic heterocycles. The number of carboxylic acid groups (broad SMARTS) is 1. The largest absolute Gasteiger partial charge is 0.481 e. The third kappa shape index (κ3) is 2.19. The molecule has 1 N–H and O–H groups in total. The molecule has 0 radical (unpaired) electrons. The van der Waals surface area contributed by atoms with E-state index >= 15 is 0 Å². The molecule has 0 aromatic rings. The van der Waals surface area contributed by atoms with Crippen LogP contribution in [0.4, 0.5) is 0 Å². The van der Waals surface area contributed by atoms with Gasteiger partial charge in [-0.3, -0.25) is 9.59 Å². The molecule has 2 fully saturated rings. The topological polar surface area (TPSA) is 57.6 Å². The summed E-state index contributed by atoms with van der Waals surface area (Å²) >= 11 is 1.74. The molecule has 2 heterocycles. The lowest BCUT2D eigenvalue weighted by Crippen LogP contribution is -2.55. The molecule has 2 unspecified atom stereocenters. The molecule has 5 heteroatoms. The van der Waals surface area contributed by atoms with E-state index in [1.165, 1.54) is 0 Å². The van der Waals surface area contributed by atoms with E-state index in [1.54, 1.807) is 18.7 Å². The van der Waals surface area contributed by atoms with Gasteiger partial charge in [-0.05, 0) is 18.6 Å². The highest BCUT2D eigenvalue weighted by Crippen LogP contribution is 2.31. The number of amides is 1. The molecule has 90 valence electrons. The molecule has 0 spiro atoms. The lowest BCUT2D eigenvalue weighted by Gasteiger charge is -2.42. The average Bonchev–Trinajstić information content (AvgIpc) is 2.67. The number of thioether (sulfide) groups is 1. The van der Waals surface area contributed by atoms with E-state index < -0.39 is 5.97 Å². The molecule has 0 saturated carbocycles.